The van der Waals surface area contributed by atoms with Crippen molar-refractivity contribution in [2.75, 3.05) is 5.32 Å². The number of carbonyl (C=O) groups excluding carboxylic acids is 1. The van der Waals surface area contributed by atoms with E-state index < -0.39 is 17.2 Å². The Morgan fingerprint density at radius 2 is 2.07 bits per heavy atom. The van der Waals surface area contributed by atoms with E-state index >= 15 is 0 Å². The van der Waals surface area contributed by atoms with Crippen molar-refractivity contribution in [2.45, 2.75) is 63.9 Å². The summed E-state index contributed by atoms with van der Waals surface area (Å²) in [4.78, 5) is 30.0. The van der Waals surface area contributed by atoms with Gasteiger partial charge in [0.25, 0.3) is 5.89 Å². The minimum absolute atomic E-state index is 0.165. The van der Waals surface area contributed by atoms with Gasteiger partial charge >= 0.3 is 6.16 Å². The summed E-state index contributed by atoms with van der Waals surface area (Å²) in [5, 5.41) is 16.8. The van der Waals surface area contributed by atoms with E-state index in [0.29, 0.717) is 31.0 Å². The molecule has 2 aromatic rings. The number of nitrogens with zero attached hydrogens (tertiary/aromatic N) is 2. The minimum atomic E-state index is -1.31. The van der Waals surface area contributed by atoms with Crippen molar-refractivity contribution < 1.29 is 24.0 Å². The normalized spacial score (nSPS) is 27.8. The number of carbonyl (C=O) groups is 2. The zero-order valence-corrected chi connectivity index (χ0v) is 16.4. The molecule has 9 heteroatoms. The highest BCUT2D eigenvalue weighted by molar-refractivity contribution is 7.17. The molecule has 2 N–H and O–H groups in total. The molecular formula is C19H21N3O5S. The smallest absolute Gasteiger partial charge is 0.450 e. The average molecular weight is 403 g/mol. The average Bonchev–Trinajstić information content (AvgIpc) is 3.01. The van der Waals surface area contributed by atoms with Crippen LogP contribution in [0.4, 0.5) is 9.80 Å². The number of ether oxygens (including phenoxy) is 1. The Morgan fingerprint density at radius 3 is 2.82 bits per heavy atom. The highest BCUT2D eigenvalue weighted by Gasteiger charge is 2.77. The van der Waals surface area contributed by atoms with Gasteiger partial charge in [-0.15, -0.1) is 11.3 Å². The van der Waals surface area contributed by atoms with Crippen LogP contribution < -0.4 is 5.32 Å². The maximum absolute atomic E-state index is 13.2. The van der Waals surface area contributed by atoms with E-state index in [9.17, 15) is 9.59 Å². The van der Waals surface area contributed by atoms with Crippen molar-refractivity contribution in [1.29, 1.82) is 0 Å². The maximum atomic E-state index is 13.2. The first kappa shape index (κ1) is 17.7. The first-order chi connectivity index (χ1) is 13.4. The lowest BCUT2D eigenvalue weighted by Gasteiger charge is -2.17. The Kier molecular flexibility index (Phi) is 3.81. The standard InChI is InChI=1S/C19H21N3O5S/c1-10-20-14(27-22-10)13-11-5-2-3-6-12(11)28-15(13)21-16(23)18-7-4-8-19(18,9-18)26-17(24)25/h2-9H2,1H3,(H,21,23)(H,24,25). The number of fused-ring (bicyclic) bond motifs is 2. The van der Waals surface area contributed by atoms with E-state index in [1.165, 1.54) is 10.4 Å². The lowest BCUT2D eigenvalue weighted by molar-refractivity contribution is -0.123. The van der Waals surface area contributed by atoms with Crippen LogP contribution in [0.1, 0.15) is 54.8 Å². The molecule has 0 bridgehead atoms. The lowest BCUT2D eigenvalue weighted by atomic mass is 9.95. The first-order valence-corrected chi connectivity index (χ1v) is 10.4. The maximum Gasteiger partial charge on any atom is 0.506 e. The van der Waals surface area contributed by atoms with Crippen LogP contribution >= 0.6 is 11.3 Å². The molecule has 2 atom stereocenters. The molecule has 3 aliphatic carbocycles. The molecule has 2 aromatic heterocycles. The van der Waals surface area contributed by atoms with Gasteiger partial charge in [-0.2, -0.15) is 4.98 Å². The Bertz CT molecular complexity index is 982. The van der Waals surface area contributed by atoms with Gasteiger partial charge in [-0.05, 0) is 57.4 Å². The topological polar surface area (TPSA) is 115 Å². The molecule has 2 fully saturated rings. The summed E-state index contributed by atoms with van der Waals surface area (Å²) < 4.78 is 10.6. The second kappa shape index (κ2) is 6.04. The molecule has 3 aliphatic rings. The number of aromatic nitrogens is 2. The Balaban J connectivity index is 1.48. The quantitative estimate of drug-likeness (QED) is 0.743. The first-order valence-electron chi connectivity index (χ1n) is 9.63. The summed E-state index contributed by atoms with van der Waals surface area (Å²) in [6.45, 7) is 1.77. The van der Waals surface area contributed by atoms with Gasteiger partial charge in [0.15, 0.2) is 5.82 Å². The van der Waals surface area contributed by atoms with Gasteiger partial charge in [0, 0.05) is 11.3 Å². The number of thiophene rings is 1. The van der Waals surface area contributed by atoms with E-state index in [1.807, 2.05) is 0 Å². The predicted molar refractivity (Wildman–Crippen MR) is 100 cm³/mol. The van der Waals surface area contributed by atoms with Gasteiger partial charge in [-0.25, -0.2) is 4.79 Å². The van der Waals surface area contributed by atoms with Crippen LogP contribution in [0.2, 0.25) is 0 Å². The van der Waals surface area contributed by atoms with Gasteiger partial charge in [0.2, 0.25) is 5.91 Å². The molecular weight excluding hydrogens is 382 g/mol. The van der Waals surface area contributed by atoms with E-state index in [-0.39, 0.29) is 5.91 Å². The van der Waals surface area contributed by atoms with Crippen molar-refractivity contribution in [3.8, 4) is 11.5 Å². The van der Waals surface area contributed by atoms with Crippen molar-refractivity contribution in [3.05, 3.63) is 16.3 Å². The summed E-state index contributed by atoms with van der Waals surface area (Å²) in [5.74, 6) is 0.816. The summed E-state index contributed by atoms with van der Waals surface area (Å²) in [7, 11) is 0. The second-order valence-electron chi connectivity index (χ2n) is 7.99. The summed E-state index contributed by atoms with van der Waals surface area (Å²) >= 11 is 1.57. The number of hydrogen-bond acceptors (Lipinski definition) is 7. The summed E-state index contributed by atoms with van der Waals surface area (Å²) in [6, 6.07) is 0. The molecule has 0 saturated heterocycles. The van der Waals surface area contributed by atoms with Gasteiger partial charge < -0.3 is 19.7 Å². The van der Waals surface area contributed by atoms with Crippen LogP contribution in [0.25, 0.3) is 11.5 Å². The summed E-state index contributed by atoms with van der Waals surface area (Å²) in [6.07, 6.45) is 5.30. The van der Waals surface area contributed by atoms with Gasteiger partial charge in [-0.1, -0.05) is 5.16 Å². The van der Waals surface area contributed by atoms with Gasteiger partial charge in [0.05, 0.1) is 11.0 Å². The molecule has 2 unspecified atom stereocenters. The molecule has 28 heavy (non-hydrogen) atoms. The Morgan fingerprint density at radius 1 is 1.25 bits per heavy atom. The van der Waals surface area contributed by atoms with Crippen LogP contribution in [0.5, 0.6) is 0 Å². The highest BCUT2D eigenvalue weighted by Crippen LogP contribution is 2.69. The fourth-order valence-electron chi connectivity index (χ4n) is 5.02. The number of aryl methyl sites for hydroxylation is 2. The zero-order chi connectivity index (χ0) is 19.5. The molecule has 1 amide bonds. The molecule has 0 aromatic carbocycles. The number of nitrogens with one attached hydrogen (secondary N) is 1. The van der Waals surface area contributed by atoms with E-state index in [4.69, 9.17) is 14.4 Å². The minimum Gasteiger partial charge on any atom is -0.450 e. The van der Waals surface area contributed by atoms with Gasteiger partial charge in [0.1, 0.15) is 10.6 Å². The van der Waals surface area contributed by atoms with Crippen LogP contribution in [-0.2, 0) is 22.4 Å². The Labute approximate surface area is 165 Å². The molecule has 148 valence electrons. The number of anilines is 1. The van der Waals surface area contributed by atoms with Gasteiger partial charge in [-0.3, -0.25) is 4.79 Å². The lowest BCUT2D eigenvalue weighted by Crippen LogP contribution is -2.31. The molecule has 8 nitrogen and oxygen atoms in total. The number of amides is 1. The van der Waals surface area contributed by atoms with Crippen LogP contribution in [0.15, 0.2) is 4.52 Å². The molecule has 0 aliphatic heterocycles. The zero-order valence-electron chi connectivity index (χ0n) is 15.5. The molecule has 5 rings (SSSR count). The largest absolute Gasteiger partial charge is 0.506 e. The van der Waals surface area contributed by atoms with Crippen molar-refractivity contribution in [1.82, 2.24) is 10.1 Å². The number of hydrogen-bond donors (Lipinski definition) is 2. The monoisotopic (exact) mass is 403 g/mol. The van der Waals surface area contributed by atoms with Crippen LogP contribution in [0.3, 0.4) is 0 Å². The van der Waals surface area contributed by atoms with Crippen LogP contribution in [0, 0.1) is 12.3 Å². The molecule has 2 saturated carbocycles. The number of carboxylic acid groups (broad SMARTS) is 1. The number of rotatable bonds is 4. The molecule has 0 radical (unpaired) electrons. The van der Waals surface area contributed by atoms with E-state index in [0.717, 1.165) is 42.7 Å². The molecule has 0 spiro atoms. The van der Waals surface area contributed by atoms with Crippen molar-refractivity contribution in [3.63, 3.8) is 0 Å². The third-order valence-corrected chi connectivity index (χ3v) is 7.58. The van der Waals surface area contributed by atoms with Crippen molar-refractivity contribution in [2.24, 2.45) is 5.41 Å². The second-order valence-corrected chi connectivity index (χ2v) is 9.10. The van der Waals surface area contributed by atoms with Crippen LogP contribution in [-0.4, -0.2) is 32.9 Å². The summed E-state index contributed by atoms with van der Waals surface area (Å²) in [5.41, 5.74) is 0.398. The van der Waals surface area contributed by atoms with Crippen molar-refractivity contribution >= 4 is 28.4 Å². The fourth-order valence-corrected chi connectivity index (χ4v) is 6.29. The predicted octanol–water partition coefficient (Wildman–Crippen LogP) is 3.93. The molecule has 2 heterocycles. The third-order valence-electron chi connectivity index (χ3n) is 6.38. The van der Waals surface area contributed by atoms with E-state index in [2.05, 4.69) is 15.5 Å². The third kappa shape index (κ3) is 2.48. The Hall–Kier alpha value is -2.42. The fraction of sp³-hybridized carbons (Fsp3) is 0.579. The van der Waals surface area contributed by atoms with E-state index in [1.54, 1.807) is 18.3 Å². The highest BCUT2D eigenvalue weighted by atomic mass is 32.1. The SMILES string of the molecule is Cc1noc(-c2c(NC(=O)C34CCCC3(OC(=O)O)C4)sc3c2CCCC3)n1.